The smallest absolute Gasteiger partial charge is 0.163 e. The predicted molar refractivity (Wildman–Crippen MR) is 102 cm³/mol. The number of aryl methyl sites for hydroxylation is 2. The second kappa shape index (κ2) is 7.61. The molecule has 28 heavy (non-hydrogen) atoms. The fourth-order valence-electron chi connectivity index (χ4n) is 3.42. The van der Waals surface area contributed by atoms with Crippen molar-refractivity contribution >= 4 is 5.69 Å². The van der Waals surface area contributed by atoms with Crippen molar-refractivity contribution in [2.45, 2.75) is 32.6 Å². The van der Waals surface area contributed by atoms with Crippen LogP contribution in [0.3, 0.4) is 0 Å². The Labute approximate surface area is 162 Å². The summed E-state index contributed by atoms with van der Waals surface area (Å²) in [5.74, 6) is 3.30. The van der Waals surface area contributed by atoms with E-state index in [2.05, 4.69) is 0 Å². The molecule has 0 saturated carbocycles. The molecule has 1 aromatic carbocycles. The Morgan fingerprint density at radius 2 is 1.46 bits per heavy atom. The Kier molecular flexibility index (Phi) is 5.02. The highest BCUT2D eigenvalue weighted by molar-refractivity contribution is 5.65. The van der Waals surface area contributed by atoms with E-state index in [4.69, 9.17) is 18.3 Å². The van der Waals surface area contributed by atoms with Crippen molar-refractivity contribution in [3.05, 3.63) is 70.2 Å². The second-order valence-corrected chi connectivity index (χ2v) is 6.58. The average Bonchev–Trinajstić information content (AvgIpc) is 3.37. The number of fused-ring (bicyclic) bond motifs is 1. The third kappa shape index (κ3) is 3.34. The molecule has 3 aromatic rings. The van der Waals surface area contributed by atoms with Gasteiger partial charge in [-0.3, -0.25) is 5.21 Å². The number of hydrogen-bond acceptors (Lipinski definition) is 7. The van der Waals surface area contributed by atoms with Gasteiger partial charge in [0.15, 0.2) is 11.5 Å². The maximum atomic E-state index is 12.0. The van der Waals surface area contributed by atoms with Crippen molar-refractivity contribution < 1.29 is 23.5 Å². The molecule has 0 radical (unpaired) electrons. The molecule has 0 aliphatic carbocycles. The molecule has 2 aromatic heterocycles. The summed E-state index contributed by atoms with van der Waals surface area (Å²) in [6, 6.07) is 10.7. The van der Waals surface area contributed by atoms with Gasteiger partial charge in [-0.2, -0.15) is 0 Å². The van der Waals surface area contributed by atoms with Gasteiger partial charge >= 0.3 is 0 Å². The summed E-state index contributed by atoms with van der Waals surface area (Å²) in [5.41, 5.74) is 0.564. The monoisotopic (exact) mass is 384 g/mol. The largest absolute Gasteiger partial charge is 0.733 e. The van der Waals surface area contributed by atoms with E-state index in [1.165, 1.54) is 6.07 Å². The summed E-state index contributed by atoms with van der Waals surface area (Å²) in [4.78, 5) is 0. The first-order chi connectivity index (χ1) is 13.6. The van der Waals surface area contributed by atoms with Crippen LogP contribution in [0.25, 0.3) is 0 Å². The highest BCUT2D eigenvalue weighted by Crippen LogP contribution is 2.44. The SMILES string of the molecule is CCc1ccc(C(c2ccc(CC)o2)c2cc3c(cc2N([O-])O)OCCO3)o1. The fraction of sp³-hybridized carbons (Fsp3) is 0.333. The van der Waals surface area contributed by atoms with Crippen LogP contribution in [-0.2, 0) is 12.8 Å². The van der Waals surface area contributed by atoms with E-state index in [1.54, 1.807) is 6.07 Å². The first-order valence-electron chi connectivity index (χ1n) is 9.37. The maximum absolute atomic E-state index is 12.0. The number of anilines is 1. The van der Waals surface area contributed by atoms with Crippen LogP contribution in [0.2, 0.25) is 0 Å². The summed E-state index contributed by atoms with van der Waals surface area (Å²) >= 11 is 0. The predicted octanol–water partition coefficient (Wildman–Crippen LogP) is 4.64. The van der Waals surface area contributed by atoms with Gasteiger partial charge in [0.1, 0.15) is 42.2 Å². The quantitative estimate of drug-likeness (QED) is 0.619. The Morgan fingerprint density at radius 1 is 0.929 bits per heavy atom. The minimum absolute atomic E-state index is 0.0538. The van der Waals surface area contributed by atoms with Gasteiger partial charge in [0, 0.05) is 18.9 Å². The third-order valence-corrected chi connectivity index (χ3v) is 4.84. The van der Waals surface area contributed by atoms with Crippen molar-refractivity contribution in [3.8, 4) is 11.5 Å². The molecule has 0 amide bonds. The molecular formula is C21H22NO6-. The van der Waals surface area contributed by atoms with Crippen LogP contribution in [0.4, 0.5) is 5.69 Å². The molecule has 0 spiro atoms. The van der Waals surface area contributed by atoms with Crippen LogP contribution >= 0.6 is 0 Å². The molecule has 3 heterocycles. The van der Waals surface area contributed by atoms with Gasteiger partial charge in [-0.05, 0) is 35.9 Å². The van der Waals surface area contributed by atoms with Gasteiger partial charge in [-0.25, -0.2) is 0 Å². The molecule has 0 atom stereocenters. The van der Waals surface area contributed by atoms with E-state index < -0.39 is 5.92 Å². The highest BCUT2D eigenvalue weighted by atomic mass is 16.8. The molecule has 0 unspecified atom stereocenters. The van der Waals surface area contributed by atoms with E-state index in [0.717, 1.165) is 24.4 Å². The fourth-order valence-corrected chi connectivity index (χ4v) is 3.42. The van der Waals surface area contributed by atoms with Crippen LogP contribution in [-0.4, -0.2) is 18.4 Å². The van der Waals surface area contributed by atoms with Gasteiger partial charge in [0.05, 0.1) is 5.69 Å². The zero-order valence-corrected chi connectivity index (χ0v) is 15.8. The molecule has 7 heteroatoms. The Morgan fingerprint density at radius 3 is 1.93 bits per heavy atom. The molecule has 1 aliphatic rings. The minimum atomic E-state index is -0.518. The number of furan rings is 2. The first kappa shape index (κ1) is 18.5. The van der Waals surface area contributed by atoms with Gasteiger partial charge in [-0.1, -0.05) is 13.8 Å². The Bertz CT molecular complexity index is 915. The average molecular weight is 384 g/mol. The number of hydrogen-bond donors (Lipinski definition) is 1. The van der Waals surface area contributed by atoms with Crippen LogP contribution in [0.15, 0.2) is 45.2 Å². The molecule has 0 fully saturated rings. The van der Waals surface area contributed by atoms with E-state index in [0.29, 0.717) is 41.8 Å². The Balaban J connectivity index is 1.90. The Hall–Kier alpha value is -2.90. The first-order valence-corrected chi connectivity index (χ1v) is 9.37. The van der Waals surface area contributed by atoms with E-state index >= 15 is 0 Å². The maximum Gasteiger partial charge on any atom is 0.163 e. The summed E-state index contributed by atoms with van der Waals surface area (Å²) in [6.45, 7) is 4.80. The topological polar surface area (TPSA) is 91.3 Å². The third-order valence-electron chi connectivity index (χ3n) is 4.84. The van der Waals surface area contributed by atoms with E-state index in [1.807, 2.05) is 38.1 Å². The molecule has 1 N–H and O–H groups in total. The van der Waals surface area contributed by atoms with Crippen molar-refractivity contribution in [3.63, 3.8) is 0 Å². The normalized spacial score (nSPS) is 13.2. The van der Waals surface area contributed by atoms with Crippen LogP contribution in [0.5, 0.6) is 11.5 Å². The van der Waals surface area contributed by atoms with E-state index in [9.17, 15) is 10.4 Å². The molecule has 0 bridgehead atoms. The lowest BCUT2D eigenvalue weighted by Gasteiger charge is -2.29. The van der Waals surface area contributed by atoms with Crippen molar-refractivity contribution in [1.82, 2.24) is 0 Å². The lowest BCUT2D eigenvalue weighted by atomic mass is 9.92. The standard InChI is InChI=1S/C21H22NO6/c1-3-13-5-7-17(27-13)21(18-8-6-14(4-2)28-18)15-11-19-20(26-10-9-25-19)12-16(15)22(23)24/h5-8,11-12,21,23H,3-4,9-10H2,1-2H3/q-1. The van der Waals surface area contributed by atoms with E-state index in [-0.39, 0.29) is 10.9 Å². The number of benzene rings is 1. The van der Waals surface area contributed by atoms with Gasteiger partial charge in [0.25, 0.3) is 0 Å². The molecule has 4 rings (SSSR count). The van der Waals surface area contributed by atoms with Crippen LogP contribution in [0.1, 0.15) is 48.4 Å². The van der Waals surface area contributed by atoms with Crippen molar-refractivity contribution in [2.75, 3.05) is 18.4 Å². The summed E-state index contributed by atoms with van der Waals surface area (Å²) in [5, 5.41) is 21.6. The second-order valence-electron chi connectivity index (χ2n) is 6.58. The summed E-state index contributed by atoms with van der Waals surface area (Å²) < 4.78 is 23.2. The number of ether oxygens (including phenoxy) is 2. The lowest BCUT2D eigenvalue weighted by Crippen LogP contribution is -2.18. The summed E-state index contributed by atoms with van der Waals surface area (Å²) in [6.07, 6.45) is 1.49. The molecule has 1 aliphatic heterocycles. The highest BCUT2D eigenvalue weighted by Gasteiger charge is 2.29. The minimum Gasteiger partial charge on any atom is -0.733 e. The van der Waals surface area contributed by atoms with Crippen molar-refractivity contribution in [1.29, 1.82) is 0 Å². The van der Waals surface area contributed by atoms with Gasteiger partial charge < -0.3 is 28.7 Å². The van der Waals surface area contributed by atoms with Crippen LogP contribution in [0, 0.1) is 5.21 Å². The zero-order valence-electron chi connectivity index (χ0n) is 15.8. The number of nitrogens with zero attached hydrogens (tertiary/aromatic N) is 1. The molecule has 148 valence electrons. The van der Waals surface area contributed by atoms with Crippen molar-refractivity contribution in [2.24, 2.45) is 0 Å². The zero-order chi connectivity index (χ0) is 19.7. The molecular weight excluding hydrogens is 362 g/mol. The molecule has 7 nitrogen and oxygen atoms in total. The number of rotatable bonds is 6. The van der Waals surface area contributed by atoms with Gasteiger partial charge in [-0.15, -0.1) is 0 Å². The summed E-state index contributed by atoms with van der Waals surface area (Å²) in [7, 11) is 0. The van der Waals surface area contributed by atoms with Crippen LogP contribution < -0.4 is 14.7 Å². The lowest BCUT2D eigenvalue weighted by molar-refractivity contribution is 0.171. The molecule has 0 saturated heterocycles. The van der Waals surface area contributed by atoms with Gasteiger partial charge in [0.2, 0.25) is 0 Å².